The van der Waals surface area contributed by atoms with Gasteiger partial charge < -0.3 is 9.42 Å². The lowest BCUT2D eigenvalue weighted by atomic mass is 9.96. The van der Waals surface area contributed by atoms with E-state index < -0.39 is 11.7 Å². The summed E-state index contributed by atoms with van der Waals surface area (Å²) in [6, 6.07) is 9.00. The molecule has 4 rings (SSSR count). The van der Waals surface area contributed by atoms with E-state index in [0.29, 0.717) is 31.2 Å². The van der Waals surface area contributed by atoms with Gasteiger partial charge in [0.25, 0.3) is 0 Å². The fourth-order valence-corrected chi connectivity index (χ4v) is 4.70. The van der Waals surface area contributed by atoms with Crippen LogP contribution >= 0.6 is 11.3 Å². The van der Waals surface area contributed by atoms with Crippen LogP contribution in [-0.2, 0) is 17.4 Å². The minimum atomic E-state index is -4.35. The van der Waals surface area contributed by atoms with Crippen molar-refractivity contribution >= 4 is 17.2 Å². The van der Waals surface area contributed by atoms with E-state index in [1.54, 1.807) is 11.3 Å². The van der Waals surface area contributed by atoms with Crippen LogP contribution in [0.25, 0.3) is 10.7 Å². The molecule has 0 spiro atoms. The zero-order valence-corrected chi connectivity index (χ0v) is 19.7. The van der Waals surface area contributed by atoms with Crippen LogP contribution in [0.2, 0.25) is 0 Å². The lowest BCUT2D eigenvalue weighted by molar-refractivity contribution is -0.137. The summed E-state index contributed by atoms with van der Waals surface area (Å²) in [7, 11) is 0. The first-order valence-corrected chi connectivity index (χ1v) is 12.2. The molecular weight excluding hydrogens is 465 g/mol. The first-order chi connectivity index (χ1) is 16.3. The number of amides is 1. The van der Waals surface area contributed by atoms with Gasteiger partial charge in [-0.3, -0.25) is 9.69 Å². The van der Waals surface area contributed by atoms with E-state index in [1.165, 1.54) is 12.1 Å². The van der Waals surface area contributed by atoms with Crippen molar-refractivity contribution in [2.75, 3.05) is 32.7 Å². The van der Waals surface area contributed by atoms with E-state index in [-0.39, 0.29) is 18.2 Å². The summed E-state index contributed by atoms with van der Waals surface area (Å²) in [5, 5.41) is 6.01. The molecule has 1 amide bonds. The average Bonchev–Trinajstić information content (AvgIpc) is 3.51. The number of nitrogens with zero attached hydrogens (tertiary/aromatic N) is 4. The van der Waals surface area contributed by atoms with Crippen LogP contribution in [0, 0.1) is 0 Å². The molecular formula is C24H27F3N4O2S. The van der Waals surface area contributed by atoms with Crippen LogP contribution in [0.1, 0.15) is 42.7 Å². The van der Waals surface area contributed by atoms with E-state index in [1.807, 2.05) is 29.3 Å². The zero-order chi connectivity index (χ0) is 24.1. The van der Waals surface area contributed by atoms with E-state index in [2.05, 4.69) is 15.0 Å². The number of halogens is 3. The van der Waals surface area contributed by atoms with Gasteiger partial charge in [-0.2, -0.15) is 18.2 Å². The molecule has 34 heavy (non-hydrogen) atoms. The molecule has 0 radical (unpaired) electrons. The molecule has 6 nitrogen and oxygen atoms in total. The van der Waals surface area contributed by atoms with Gasteiger partial charge in [0.05, 0.1) is 10.4 Å². The highest BCUT2D eigenvalue weighted by molar-refractivity contribution is 7.13. The molecule has 1 aromatic carbocycles. The molecule has 1 fully saturated rings. The number of rotatable bonds is 8. The largest absolute Gasteiger partial charge is 0.416 e. The van der Waals surface area contributed by atoms with E-state index in [0.717, 1.165) is 48.6 Å². The highest BCUT2D eigenvalue weighted by Gasteiger charge is 2.30. The second-order valence-electron chi connectivity index (χ2n) is 8.54. The number of thiophene rings is 1. The topological polar surface area (TPSA) is 62.5 Å². The highest BCUT2D eigenvalue weighted by atomic mass is 32.1. The molecule has 182 valence electrons. The molecule has 1 saturated heterocycles. The number of alkyl halides is 3. The Labute approximate surface area is 200 Å². The summed E-state index contributed by atoms with van der Waals surface area (Å²) in [4.78, 5) is 22.3. The minimum Gasteiger partial charge on any atom is -0.340 e. The van der Waals surface area contributed by atoms with Crippen LogP contribution in [0.15, 0.2) is 46.3 Å². The van der Waals surface area contributed by atoms with E-state index in [4.69, 9.17) is 4.52 Å². The second kappa shape index (κ2) is 10.7. The Bertz CT molecular complexity index is 1060. The fourth-order valence-electron chi connectivity index (χ4n) is 4.05. The third-order valence-corrected chi connectivity index (χ3v) is 6.95. The van der Waals surface area contributed by atoms with Gasteiger partial charge in [-0.05, 0) is 48.0 Å². The summed E-state index contributed by atoms with van der Waals surface area (Å²) in [5.74, 6) is 1.16. The number of aromatic nitrogens is 2. The maximum atomic E-state index is 12.7. The molecule has 1 atom stereocenters. The molecule has 0 bridgehead atoms. The van der Waals surface area contributed by atoms with Crippen molar-refractivity contribution < 1.29 is 22.5 Å². The number of piperazine rings is 1. The Balaban J connectivity index is 1.17. The Morgan fingerprint density at radius 1 is 1.15 bits per heavy atom. The van der Waals surface area contributed by atoms with Crippen LogP contribution in [0.3, 0.4) is 0 Å². The smallest absolute Gasteiger partial charge is 0.340 e. The normalized spacial score (nSPS) is 16.1. The Morgan fingerprint density at radius 3 is 2.53 bits per heavy atom. The van der Waals surface area contributed by atoms with Gasteiger partial charge in [-0.1, -0.05) is 30.3 Å². The van der Waals surface area contributed by atoms with Crippen LogP contribution in [0.5, 0.6) is 0 Å². The average molecular weight is 493 g/mol. The van der Waals surface area contributed by atoms with Gasteiger partial charge in [0.15, 0.2) is 0 Å². The minimum absolute atomic E-state index is 0.0408. The van der Waals surface area contributed by atoms with Crippen molar-refractivity contribution in [2.24, 2.45) is 0 Å². The summed E-state index contributed by atoms with van der Waals surface area (Å²) >= 11 is 1.58. The van der Waals surface area contributed by atoms with Crippen molar-refractivity contribution in [3.05, 3.63) is 58.8 Å². The molecule has 3 heterocycles. The standard InChI is InChI=1S/C24H27F3N4O2S/c1-17(18-6-8-19(9-7-18)24(25,26)27)16-22(32)31-13-11-30(12-14-31)10-2-5-21-28-23(29-33-21)20-4-3-15-34-20/h3-4,6-9,15,17H,2,5,10-14,16H2,1H3. The number of hydrogen-bond acceptors (Lipinski definition) is 6. The van der Waals surface area contributed by atoms with E-state index in [9.17, 15) is 18.0 Å². The predicted octanol–water partition coefficient (Wildman–Crippen LogP) is 5.09. The summed E-state index contributed by atoms with van der Waals surface area (Å²) in [6.07, 6.45) is -2.46. The Morgan fingerprint density at radius 2 is 1.88 bits per heavy atom. The van der Waals surface area contributed by atoms with Crippen molar-refractivity contribution in [1.82, 2.24) is 19.9 Å². The Kier molecular flexibility index (Phi) is 7.67. The molecule has 3 aromatic rings. The third-order valence-electron chi connectivity index (χ3n) is 6.09. The van der Waals surface area contributed by atoms with E-state index >= 15 is 0 Å². The number of carbonyl (C=O) groups excluding carboxylic acids is 1. The first kappa shape index (κ1) is 24.4. The van der Waals surface area contributed by atoms with Crippen molar-refractivity contribution in [2.45, 2.75) is 38.3 Å². The fraction of sp³-hybridized carbons (Fsp3) is 0.458. The maximum absolute atomic E-state index is 12.7. The van der Waals surface area contributed by atoms with Crippen LogP contribution in [-0.4, -0.2) is 58.6 Å². The molecule has 2 aromatic heterocycles. The summed E-state index contributed by atoms with van der Waals surface area (Å²) in [5.41, 5.74) is 0.0659. The lowest BCUT2D eigenvalue weighted by Crippen LogP contribution is -2.49. The van der Waals surface area contributed by atoms with Crippen LogP contribution < -0.4 is 0 Å². The lowest BCUT2D eigenvalue weighted by Gasteiger charge is -2.35. The van der Waals surface area contributed by atoms with Crippen molar-refractivity contribution in [3.8, 4) is 10.7 Å². The molecule has 1 aliphatic rings. The number of hydrogen-bond donors (Lipinski definition) is 0. The van der Waals surface area contributed by atoms with Crippen molar-refractivity contribution in [1.29, 1.82) is 0 Å². The van der Waals surface area contributed by atoms with Gasteiger partial charge in [-0.25, -0.2) is 0 Å². The van der Waals surface area contributed by atoms with Crippen molar-refractivity contribution in [3.63, 3.8) is 0 Å². The highest BCUT2D eigenvalue weighted by Crippen LogP contribution is 2.31. The zero-order valence-electron chi connectivity index (χ0n) is 18.9. The Hall–Kier alpha value is -2.72. The predicted molar refractivity (Wildman–Crippen MR) is 123 cm³/mol. The summed E-state index contributed by atoms with van der Waals surface area (Å²) < 4.78 is 43.6. The van der Waals surface area contributed by atoms with Gasteiger partial charge in [0.2, 0.25) is 17.6 Å². The van der Waals surface area contributed by atoms with Gasteiger partial charge in [0, 0.05) is 39.0 Å². The number of aryl methyl sites for hydroxylation is 1. The SMILES string of the molecule is CC(CC(=O)N1CCN(CCCc2nc(-c3cccs3)no2)CC1)c1ccc(C(F)(F)F)cc1. The quantitative estimate of drug-likeness (QED) is 0.439. The molecule has 0 aliphatic carbocycles. The van der Waals surface area contributed by atoms with Gasteiger partial charge in [0.1, 0.15) is 0 Å². The second-order valence-corrected chi connectivity index (χ2v) is 9.49. The monoisotopic (exact) mass is 492 g/mol. The molecule has 10 heteroatoms. The molecule has 1 aliphatic heterocycles. The molecule has 1 unspecified atom stereocenters. The number of carbonyl (C=O) groups is 1. The van der Waals surface area contributed by atoms with Gasteiger partial charge in [-0.15, -0.1) is 11.3 Å². The van der Waals surface area contributed by atoms with Crippen LogP contribution in [0.4, 0.5) is 13.2 Å². The maximum Gasteiger partial charge on any atom is 0.416 e. The first-order valence-electron chi connectivity index (χ1n) is 11.3. The molecule has 0 N–H and O–H groups in total. The summed E-state index contributed by atoms with van der Waals surface area (Å²) in [6.45, 7) is 5.66. The third kappa shape index (κ3) is 6.24. The van der Waals surface area contributed by atoms with Gasteiger partial charge >= 0.3 is 6.18 Å². The molecule has 0 saturated carbocycles. The number of benzene rings is 1.